The van der Waals surface area contributed by atoms with E-state index in [0.29, 0.717) is 6.42 Å². The molecule has 0 radical (unpaired) electrons. The predicted molar refractivity (Wildman–Crippen MR) is 83.7 cm³/mol. The minimum absolute atomic E-state index is 0.0518. The van der Waals surface area contributed by atoms with Crippen molar-refractivity contribution in [3.63, 3.8) is 0 Å². The normalized spacial score (nSPS) is 11.5. The van der Waals surface area contributed by atoms with Crippen LogP contribution >= 0.6 is 0 Å². The van der Waals surface area contributed by atoms with Crippen molar-refractivity contribution >= 4 is 10.2 Å². The maximum atomic E-state index is 12.0. The van der Waals surface area contributed by atoms with Gasteiger partial charge in [-0.25, -0.2) is 0 Å². The first kappa shape index (κ1) is 17.7. The number of nitrogens with zero attached hydrogens (tertiary/aromatic N) is 1. The lowest BCUT2D eigenvalue weighted by atomic mass is 10.1. The Morgan fingerprint density at radius 3 is 2.43 bits per heavy atom. The molecule has 0 aliphatic carbocycles. The van der Waals surface area contributed by atoms with Crippen LogP contribution in [0.1, 0.15) is 31.4 Å². The van der Waals surface area contributed by atoms with Gasteiger partial charge < -0.3 is 5.11 Å². The smallest absolute Gasteiger partial charge is 0.279 e. The maximum absolute atomic E-state index is 12.0. The number of aliphatic hydroxyl groups is 1. The largest absolute Gasteiger partial charge is 0.395 e. The van der Waals surface area contributed by atoms with Crippen molar-refractivity contribution in [3.05, 3.63) is 35.4 Å². The van der Waals surface area contributed by atoms with Crippen LogP contribution in [0, 0.1) is 11.8 Å². The number of hydrogen-bond donors (Lipinski definition) is 2. The number of rotatable bonds is 6. The van der Waals surface area contributed by atoms with E-state index in [9.17, 15) is 8.42 Å². The molecule has 116 valence electrons. The third-order valence-corrected chi connectivity index (χ3v) is 4.68. The quantitative estimate of drug-likeness (QED) is 0.773. The van der Waals surface area contributed by atoms with Gasteiger partial charge in [-0.3, -0.25) is 0 Å². The first-order chi connectivity index (χ1) is 9.86. The summed E-state index contributed by atoms with van der Waals surface area (Å²) in [5, 5.41) is 8.65. The first-order valence-electron chi connectivity index (χ1n) is 6.78. The van der Waals surface area contributed by atoms with E-state index in [1.54, 1.807) is 7.05 Å². The summed E-state index contributed by atoms with van der Waals surface area (Å²) in [5.74, 6) is 5.76. The van der Waals surface area contributed by atoms with Gasteiger partial charge in [-0.1, -0.05) is 24.0 Å². The van der Waals surface area contributed by atoms with E-state index in [4.69, 9.17) is 5.11 Å². The molecule has 0 spiro atoms. The van der Waals surface area contributed by atoms with E-state index in [1.807, 2.05) is 38.1 Å². The van der Waals surface area contributed by atoms with Crippen LogP contribution in [0.25, 0.3) is 0 Å². The van der Waals surface area contributed by atoms with E-state index in [0.717, 1.165) is 11.1 Å². The van der Waals surface area contributed by atoms with Crippen molar-refractivity contribution in [2.45, 2.75) is 32.9 Å². The van der Waals surface area contributed by atoms with E-state index in [-0.39, 0.29) is 19.2 Å². The molecule has 0 unspecified atom stereocenters. The third kappa shape index (κ3) is 5.86. The Hall–Kier alpha value is -1.39. The molecule has 1 aromatic carbocycles. The topological polar surface area (TPSA) is 69.6 Å². The molecular weight excluding hydrogens is 288 g/mol. The van der Waals surface area contributed by atoms with Gasteiger partial charge in [-0.15, -0.1) is 0 Å². The van der Waals surface area contributed by atoms with Gasteiger partial charge in [0.15, 0.2) is 0 Å². The van der Waals surface area contributed by atoms with E-state index in [2.05, 4.69) is 16.6 Å². The second-order valence-electron chi connectivity index (χ2n) is 4.91. The van der Waals surface area contributed by atoms with Crippen LogP contribution in [-0.2, 0) is 16.8 Å². The van der Waals surface area contributed by atoms with Gasteiger partial charge in [0.2, 0.25) is 0 Å². The Morgan fingerprint density at radius 1 is 1.29 bits per heavy atom. The minimum atomic E-state index is -3.46. The van der Waals surface area contributed by atoms with Crippen molar-refractivity contribution in [1.29, 1.82) is 0 Å². The Kier molecular flexibility index (Phi) is 6.85. The molecule has 2 N–H and O–H groups in total. The molecule has 0 aromatic heterocycles. The Morgan fingerprint density at radius 2 is 1.90 bits per heavy atom. The van der Waals surface area contributed by atoms with Crippen molar-refractivity contribution < 1.29 is 13.5 Å². The highest BCUT2D eigenvalue weighted by atomic mass is 32.2. The van der Waals surface area contributed by atoms with Crippen molar-refractivity contribution in [2.75, 3.05) is 13.7 Å². The molecule has 0 bridgehead atoms. The fourth-order valence-corrected chi connectivity index (χ4v) is 2.59. The fourth-order valence-electron chi connectivity index (χ4n) is 1.48. The SMILES string of the molecule is CC(C)N(C)S(=O)(=O)NCc1ccc(C#CCCO)cc1. The van der Waals surface area contributed by atoms with Crippen LogP contribution in [0.15, 0.2) is 24.3 Å². The summed E-state index contributed by atoms with van der Waals surface area (Å²) in [7, 11) is -1.91. The van der Waals surface area contributed by atoms with Crippen molar-refractivity contribution in [3.8, 4) is 11.8 Å². The van der Waals surface area contributed by atoms with Gasteiger partial charge >= 0.3 is 0 Å². The number of nitrogens with one attached hydrogen (secondary N) is 1. The molecule has 1 aromatic rings. The van der Waals surface area contributed by atoms with Crippen LogP contribution < -0.4 is 4.72 Å². The average Bonchev–Trinajstić information content (AvgIpc) is 2.46. The summed E-state index contributed by atoms with van der Waals surface area (Å²) < 4.78 is 27.8. The maximum Gasteiger partial charge on any atom is 0.279 e. The van der Waals surface area contributed by atoms with Crippen LogP contribution in [0.2, 0.25) is 0 Å². The van der Waals surface area contributed by atoms with E-state index >= 15 is 0 Å². The molecule has 5 nitrogen and oxygen atoms in total. The van der Waals surface area contributed by atoms with Gasteiger partial charge in [0, 0.05) is 31.6 Å². The van der Waals surface area contributed by atoms with Gasteiger partial charge in [0.25, 0.3) is 10.2 Å². The summed E-state index contributed by atoms with van der Waals surface area (Å²) in [6.45, 7) is 3.93. The molecule has 0 saturated carbocycles. The molecule has 0 saturated heterocycles. The zero-order valence-electron chi connectivity index (χ0n) is 12.6. The van der Waals surface area contributed by atoms with E-state index < -0.39 is 10.2 Å². The molecule has 0 aliphatic rings. The van der Waals surface area contributed by atoms with Crippen molar-refractivity contribution in [1.82, 2.24) is 9.03 Å². The molecular formula is C15H22N2O3S. The number of benzene rings is 1. The average molecular weight is 310 g/mol. The highest BCUT2D eigenvalue weighted by Gasteiger charge is 2.19. The van der Waals surface area contributed by atoms with Gasteiger partial charge in [0.05, 0.1) is 6.61 Å². The van der Waals surface area contributed by atoms with Crippen LogP contribution in [0.5, 0.6) is 0 Å². The van der Waals surface area contributed by atoms with Crippen molar-refractivity contribution in [2.24, 2.45) is 0 Å². The van der Waals surface area contributed by atoms with Gasteiger partial charge in [0.1, 0.15) is 0 Å². The summed E-state index contributed by atoms with van der Waals surface area (Å²) >= 11 is 0. The molecule has 0 aliphatic heterocycles. The van der Waals surface area contributed by atoms with E-state index in [1.165, 1.54) is 4.31 Å². The molecule has 0 amide bonds. The van der Waals surface area contributed by atoms with Gasteiger partial charge in [-0.05, 0) is 31.5 Å². The first-order valence-corrected chi connectivity index (χ1v) is 8.22. The monoisotopic (exact) mass is 310 g/mol. The highest BCUT2D eigenvalue weighted by Crippen LogP contribution is 2.06. The Bertz CT molecular complexity index is 598. The zero-order chi connectivity index (χ0) is 15.9. The third-order valence-electron chi connectivity index (χ3n) is 2.99. The number of hydrogen-bond acceptors (Lipinski definition) is 3. The summed E-state index contributed by atoms with van der Waals surface area (Å²) in [6, 6.07) is 7.24. The minimum Gasteiger partial charge on any atom is -0.395 e. The molecule has 1 rings (SSSR count). The molecule has 6 heteroatoms. The molecule has 0 fully saturated rings. The van der Waals surface area contributed by atoms with Crippen LogP contribution in [0.4, 0.5) is 0 Å². The second kappa shape index (κ2) is 8.15. The van der Waals surface area contributed by atoms with Crippen LogP contribution in [0.3, 0.4) is 0 Å². The fraction of sp³-hybridized carbons (Fsp3) is 0.467. The zero-order valence-corrected chi connectivity index (χ0v) is 13.4. The Labute approximate surface area is 127 Å². The molecule has 0 heterocycles. The second-order valence-corrected chi connectivity index (χ2v) is 6.72. The summed E-state index contributed by atoms with van der Waals surface area (Å²) in [4.78, 5) is 0. The lowest BCUT2D eigenvalue weighted by molar-refractivity contribution is 0.305. The Balaban J connectivity index is 2.63. The lowest BCUT2D eigenvalue weighted by Gasteiger charge is -2.21. The molecule has 0 atom stereocenters. The molecule has 21 heavy (non-hydrogen) atoms. The number of aliphatic hydroxyl groups excluding tert-OH is 1. The standard InChI is InChI=1S/C15H22N2O3S/c1-13(2)17(3)21(19,20)16-12-15-9-7-14(8-10-15)6-4-5-11-18/h7-10,13,16,18H,5,11-12H2,1-3H3. The van der Waals surface area contributed by atoms with Crippen LogP contribution in [-0.4, -0.2) is 37.5 Å². The summed E-state index contributed by atoms with van der Waals surface area (Å²) in [6.07, 6.45) is 0.448. The predicted octanol–water partition coefficient (Wildman–Crippen LogP) is 1.10. The van der Waals surface area contributed by atoms with Gasteiger partial charge in [-0.2, -0.15) is 17.4 Å². The summed E-state index contributed by atoms with van der Waals surface area (Å²) in [5.41, 5.74) is 1.71. The highest BCUT2D eigenvalue weighted by molar-refractivity contribution is 7.87. The lowest BCUT2D eigenvalue weighted by Crippen LogP contribution is -2.41.